The van der Waals surface area contributed by atoms with Gasteiger partial charge in [-0.2, -0.15) is 0 Å². The fourth-order valence-corrected chi connectivity index (χ4v) is 2.07. The van der Waals surface area contributed by atoms with E-state index in [0.717, 1.165) is 12.1 Å². The Morgan fingerprint density at radius 3 is 2.36 bits per heavy atom. The zero-order chi connectivity index (χ0) is 14.2. The van der Waals surface area contributed by atoms with Crippen LogP contribution < -0.4 is 10.6 Å². The molecule has 6 heteroatoms. The van der Waals surface area contributed by atoms with Gasteiger partial charge < -0.3 is 10.6 Å². The molecule has 2 rings (SSSR count). The van der Waals surface area contributed by atoms with Crippen molar-refractivity contribution in [3.63, 3.8) is 0 Å². The normalized spacial score (nSPS) is 10.8. The lowest BCUT2D eigenvalue weighted by Gasteiger charge is -2.18. The maximum atomic E-state index is 11.8. The Morgan fingerprint density at radius 2 is 1.77 bits per heavy atom. The van der Waals surface area contributed by atoms with Crippen LogP contribution in [-0.2, 0) is 11.2 Å². The molecule has 1 heterocycles. The third-order valence-corrected chi connectivity index (χ3v) is 3.00. The molecule has 0 aliphatic carbocycles. The van der Waals surface area contributed by atoms with Gasteiger partial charge in [-0.15, -0.1) is 24.8 Å². The molecule has 0 saturated heterocycles. The Kier molecular flexibility index (Phi) is 10.2. The Labute approximate surface area is 143 Å². The first-order valence-electron chi connectivity index (χ1n) is 6.68. The summed E-state index contributed by atoms with van der Waals surface area (Å²) in [6.45, 7) is 0.304. The predicted molar refractivity (Wildman–Crippen MR) is 93.7 cm³/mol. The summed E-state index contributed by atoms with van der Waals surface area (Å²) in [6, 6.07) is 15.7. The molecule has 1 amide bonds. The average molecular weight is 342 g/mol. The Bertz CT molecular complexity index is 538. The molecule has 0 fully saturated rings. The molecule has 2 aromatic rings. The van der Waals surface area contributed by atoms with Crippen LogP contribution in [0.1, 0.15) is 17.3 Å². The highest BCUT2D eigenvalue weighted by Gasteiger charge is 2.15. The molecule has 1 aromatic heterocycles. The summed E-state index contributed by atoms with van der Waals surface area (Å²) in [7, 11) is 1.76. The number of carbonyl (C=O) groups is 1. The second-order valence-electron chi connectivity index (χ2n) is 4.59. The minimum atomic E-state index is -0.112. The minimum Gasteiger partial charge on any atom is -0.346 e. The monoisotopic (exact) mass is 341 g/mol. The van der Waals surface area contributed by atoms with Crippen LogP contribution in [0.3, 0.4) is 0 Å². The molecule has 0 bridgehead atoms. The molecular formula is C16H21Cl2N3O. The molecule has 0 saturated carbocycles. The molecule has 4 nitrogen and oxygen atoms in total. The Morgan fingerprint density at radius 1 is 1.09 bits per heavy atom. The first kappa shape index (κ1) is 20.4. The van der Waals surface area contributed by atoms with Crippen LogP contribution in [-0.4, -0.2) is 24.5 Å². The van der Waals surface area contributed by atoms with E-state index in [1.807, 2.05) is 36.4 Å². The fraction of sp³-hybridized carbons (Fsp3) is 0.250. The number of benzene rings is 1. The highest BCUT2D eigenvalue weighted by molar-refractivity contribution is 5.85. The summed E-state index contributed by atoms with van der Waals surface area (Å²) in [5.74, 6) is -0.0286. The number of halogens is 2. The average Bonchev–Trinajstić information content (AvgIpc) is 2.49. The third kappa shape index (κ3) is 6.43. The lowest BCUT2D eigenvalue weighted by Crippen LogP contribution is -2.36. The zero-order valence-corrected chi connectivity index (χ0v) is 14.0. The van der Waals surface area contributed by atoms with Crippen molar-refractivity contribution in [1.82, 2.24) is 15.6 Å². The van der Waals surface area contributed by atoms with Crippen molar-refractivity contribution in [1.29, 1.82) is 0 Å². The number of hydrogen-bond acceptors (Lipinski definition) is 3. The van der Waals surface area contributed by atoms with Crippen molar-refractivity contribution < 1.29 is 4.79 Å². The number of nitrogens with zero attached hydrogens (tertiary/aromatic N) is 1. The van der Waals surface area contributed by atoms with Gasteiger partial charge in [-0.3, -0.25) is 9.78 Å². The maximum Gasteiger partial charge on any atom is 0.234 e. The van der Waals surface area contributed by atoms with Crippen molar-refractivity contribution in [3.05, 3.63) is 66.0 Å². The predicted octanol–water partition coefficient (Wildman–Crippen LogP) is 2.54. The number of amides is 1. The number of pyridine rings is 1. The van der Waals surface area contributed by atoms with Gasteiger partial charge in [0.2, 0.25) is 5.91 Å². The summed E-state index contributed by atoms with van der Waals surface area (Å²) >= 11 is 0. The summed E-state index contributed by atoms with van der Waals surface area (Å²) < 4.78 is 0. The van der Waals surface area contributed by atoms with E-state index >= 15 is 0 Å². The number of hydrogen-bond donors (Lipinski definition) is 2. The third-order valence-electron chi connectivity index (χ3n) is 3.00. The van der Waals surface area contributed by atoms with Crippen molar-refractivity contribution >= 4 is 30.7 Å². The van der Waals surface area contributed by atoms with Crippen LogP contribution in [0.4, 0.5) is 0 Å². The number of likely N-dealkylation sites (N-methyl/N-ethyl adjacent to an activating group) is 1. The maximum absolute atomic E-state index is 11.8. The molecule has 1 unspecified atom stereocenters. The lowest BCUT2D eigenvalue weighted by atomic mass is 10.0. The quantitative estimate of drug-likeness (QED) is 0.848. The van der Waals surface area contributed by atoms with E-state index in [1.54, 1.807) is 13.2 Å². The van der Waals surface area contributed by atoms with Gasteiger partial charge in [-0.25, -0.2) is 0 Å². The van der Waals surface area contributed by atoms with Gasteiger partial charge in [0.05, 0.1) is 18.3 Å². The Balaban J connectivity index is 0.00000220. The van der Waals surface area contributed by atoms with Crippen molar-refractivity contribution in [2.45, 2.75) is 12.5 Å². The summed E-state index contributed by atoms with van der Waals surface area (Å²) in [5, 5.41) is 5.87. The van der Waals surface area contributed by atoms with E-state index in [4.69, 9.17) is 0 Å². The van der Waals surface area contributed by atoms with Gasteiger partial charge in [0.25, 0.3) is 0 Å². The standard InChI is InChI=1S/C16H19N3O.2ClH/c1-17-12-16(20)19-15(14-9-5-6-10-18-14)11-13-7-3-2-4-8-13;;/h2-10,15,17H,11-12H2,1H3,(H,19,20);2*1H. The van der Waals surface area contributed by atoms with E-state index in [1.165, 1.54) is 5.56 Å². The van der Waals surface area contributed by atoms with Crippen molar-refractivity contribution in [2.24, 2.45) is 0 Å². The number of aromatic nitrogens is 1. The van der Waals surface area contributed by atoms with E-state index in [0.29, 0.717) is 6.54 Å². The van der Waals surface area contributed by atoms with Crippen molar-refractivity contribution in [3.8, 4) is 0 Å². The van der Waals surface area contributed by atoms with Gasteiger partial charge in [0.15, 0.2) is 0 Å². The van der Waals surface area contributed by atoms with Gasteiger partial charge in [-0.1, -0.05) is 36.4 Å². The first-order valence-corrected chi connectivity index (χ1v) is 6.68. The molecular weight excluding hydrogens is 321 g/mol. The zero-order valence-electron chi connectivity index (χ0n) is 12.4. The minimum absolute atomic E-state index is 0. The second kappa shape index (κ2) is 11.0. The van der Waals surface area contributed by atoms with Gasteiger partial charge in [0, 0.05) is 6.20 Å². The number of nitrogens with one attached hydrogen (secondary N) is 2. The van der Waals surface area contributed by atoms with Crippen LogP contribution in [0, 0.1) is 0 Å². The first-order chi connectivity index (χ1) is 9.79. The van der Waals surface area contributed by atoms with E-state index < -0.39 is 0 Å². The smallest absolute Gasteiger partial charge is 0.234 e. The molecule has 1 atom stereocenters. The van der Waals surface area contributed by atoms with Gasteiger partial charge in [0.1, 0.15) is 0 Å². The van der Waals surface area contributed by atoms with E-state index in [9.17, 15) is 4.79 Å². The summed E-state index contributed by atoms with van der Waals surface area (Å²) in [6.07, 6.45) is 2.48. The van der Waals surface area contributed by atoms with Crippen LogP contribution in [0.25, 0.3) is 0 Å². The molecule has 0 aliphatic heterocycles. The fourth-order valence-electron chi connectivity index (χ4n) is 2.07. The molecule has 1 aromatic carbocycles. The van der Waals surface area contributed by atoms with Crippen molar-refractivity contribution in [2.75, 3.05) is 13.6 Å². The molecule has 2 N–H and O–H groups in total. The molecule has 22 heavy (non-hydrogen) atoms. The summed E-state index contributed by atoms with van der Waals surface area (Å²) in [4.78, 5) is 16.2. The lowest BCUT2D eigenvalue weighted by molar-refractivity contribution is -0.120. The SMILES string of the molecule is CNCC(=O)NC(Cc1ccccc1)c1ccccn1.Cl.Cl. The molecule has 0 radical (unpaired) electrons. The molecule has 0 spiro atoms. The largest absolute Gasteiger partial charge is 0.346 e. The van der Waals surface area contributed by atoms with E-state index in [2.05, 4.69) is 27.8 Å². The highest BCUT2D eigenvalue weighted by Crippen LogP contribution is 2.16. The van der Waals surface area contributed by atoms with Crippen LogP contribution in [0.2, 0.25) is 0 Å². The van der Waals surface area contributed by atoms with Crippen LogP contribution in [0.15, 0.2) is 54.7 Å². The number of rotatable bonds is 6. The molecule has 120 valence electrons. The number of carbonyl (C=O) groups excluding carboxylic acids is 1. The van der Waals surface area contributed by atoms with Crippen LogP contribution >= 0.6 is 24.8 Å². The van der Waals surface area contributed by atoms with E-state index in [-0.39, 0.29) is 36.8 Å². The van der Waals surface area contributed by atoms with Gasteiger partial charge >= 0.3 is 0 Å². The van der Waals surface area contributed by atoms with Crippen LogP contribution in [0.5, 0.6) is 0 Å². The highest BCUT2D eigenvalue weighted by atomic mass is 35.5. The molecule has 0 aliphatic rings. The summed E-state index contributed by atoms with van der Waals surface area (Å²) in [5.41, 5.74) is 2.05. The Hall–Kier alpha value is -1.62. The topological polar surface area (TPSA) is 54.0 Å². The second-order valence-corrected chi connectivity index (χ2v) is 4.59. The van der Waals surface area contributed by atoms with Gasteiger partial charge in [-0.05, 0) is 31.2 Å².